The lowest BCUT2D eigenvalue weighted by Gasteiger charge is -1.96. The van der Waals surface area contributed by atoms with Gasteiger partial charge in [-0.1, -0.05) is 6.07 Å². The number of rotatable bonds is 4. The van der Waals surface area contributed by atoms with E-state index in [1.165, 1.54) is 30.3 Å². The van der Waals surface area contributed by atoms with Crippen LogP contribution in [0.5, 0.6) is 0 Å². The molecule has 0 fully saturated rings. The van der Waals surface area contributed by atoms with E-state index in [2.05, 4.69) is 4.98 Å². The lowest BCUT2D eigenvalue weighted by atomic mass is 10.1. The molecule has 2 rings (SSSR count). The molecule has 0 amide bonds. The van der Waals surface area contributed by atoms with Crippen molar-refractivity contribution in [3.05, 3.63) is 76.1 Å². The summed E-state index contributed by atoms with van der Waals surface area (Å²) < 4.78 is 0. The molecule has 19 heavy (non-hydrogen) atoms. The summed E-state index contributed by atoms with van der Waals surface area (Å²) in [5.74, 6) is -0.209. The van der Waals surface area contributed by atoms with Crippen molar-refractivity contribution in [3.8, 4) is 0 Å². The molecule has 5 nitrogen and oxygen atoms in total. The zero-order chi connectivity index (χ0) is 13.7. The Hall–Kier alpha value is -2.82. The number of ketones is 1. The molecule has 2 aromatic rings. The normalized spacial score (nSPS) is 10.5. The summed E-state index contributed by atoms with van der Waals surface area (Å²) in [6.45, 7) is 0. The predicted molar refractivity (Wildman–Crippen MR) is 70.7 cm³/mol. The molecule has 0 radical (unpaired) electrons. The maximum Gasteiger partial charge on any atom is 0.269 e. The van der Waals surface area contributed by atoms with Gasteiger partial charge in [0.15, 0.2) is 5.78 Å². The lowest BCUT2D eigenvalue weighted by molar-refractivity contribution is -0.384. The highest BCUT2D eigenvalue weighted by Crippen LogP contribution is 2.13. The van der Waals surface area contributed by atoms with E-state index in [0.29, 0.717) is 5.56 Å². The van der Waals surface area contributed by atoms with Crippen molar-refractivity contribution >= 4 is 17.5 Å². The Labute approximate surface area is 109 Å². The second-order valence-electron chi connectivity index (χ2n) is 3.79. The number of carbonyl (C=O) groups excluding carboxylic acids is 1. The van der Waals surface area contributed by atoms with E-state index in [0.717, 1.165) is 5.56 Å². The van der Waals surface area contributed by atoms with Crippen molar-refractivity contribution in [2.24, 2.45) is 0 Å². The highest BCUT2D eigenvalue weighted by molar-refractivity contribution is 6.06. The Morgan fingerprint density at radius 3 is 2.53 bits per heavy atom. The van der Waals surface area contributed by atoms with Crippen LogP contribution >= 0.6 is 0 Å². The first-order chi connectivity index (χ1) is 9.16. The van der Waals surface area contributed by atoms with Gasteiger partial charge in [0, 0.05) is 30.1 Å². The molecule has 0 aliphatic heterocycles. The Balaban J connectivity index is 2.12. The molecule has 0 atom stereocenters. The van der Waals surface area contributed by atoms with Crippen LogP contribution in [0.3, 0.4) is 0 Å². The van der Waals surface area contributed by atoms with Gasteiger partial charge in [-0.2, -0.15) is 0 Å². The van der Waals surface area contributed by atoms with Gasteiger partial charge in [-0.05, 0) is 35.9 Å². The van der Waals surface area contributed by atoms with Gasteiger partial charge in [0.05, 0.1) is 4.92 Å². The minimum Gasteiger partial charge on any atom is -0.289 e. The van der Waals surface area contributed by atoms with E-state index in [-0.39, 0.29) is 11.5 Å². The Morgan fingerprint density at radius 1 is 1.21 bits per heavy atom. The van der Waals surface area contributed by atoms with Crippen LogP contribution in [0.15, 0.2) is 54.9 Å². The standard InChI is InChI=1S/C14H10N2O3/c17-14(8-3-11-2-1-9-15-10-11)12-4-6-13(7-5-12)16(18)19/h1-10H/b8-3+. The highest BCUT2D eigenvalue weighted by Gasteiger charge is 2.06. The first-order valence-corrected chi connectivity index (χ1v) is 5.54. The van der Waals surface area contributed by atoms with Gasteiger partial charge >= 0.3 is 0 Å². The zero-order valence-corrected chi connectivity index (χ0v) is 9.89. The lowest BCUT2D eigenvalue weighted by Crippen LogP contribution is -1.95. The van der Waals surface area contributed by atoms with Crippen LogP contribution in [-0.2, 0) is 0 Å². The van der Waals surface area contributed by atoms with Crippen LogP contribution in [0.25, 0.3) is 6.08 Å². The highest BCUT2D eigenvalue weighted by atomic mass is 16.6. The average Bonchev–Trinajstić information content (AvgIpc) is 2.46. The molecule has 0 N–H and O–H groups in total. The molecular formula is C14H10N2O3. The summed E-state index contributed by atoms with van der Waals surface area (Å²) in [4.78, 5) is 25.7. The van der Waals surface area contributed by atoms with Crippen molar-refractivity contribution in [2.45, 2.75) is 0 Å². The van der Waals surface area contributed by atoms with Gasteiger partial charge in [0.2, 0.25) is 0 Å². The van der Waals surface area contributed by atoms with Gasteiger partial charge in [-0.25, -0.2) is 0 Å². The van der Waals surface area contributed by atoms with E-state index < -0.39 is 4.92 Å². The molecule has 0 unspecified atom stereocenters. The van der Waals surface area contributed by atoms with Gasteiger partial charge in [0.1, 0.15) is 0 Å². The largest absolute Gasteiger partial charge is 0.289 e. The van der Waals surface area contributed by atoms with Crippen molar-refractivity contribution in [2.75, 3.05) is 0 Å². The minimum absolute atomic E-state index is 0.0345. The van der Waals surface area contributed by atoms with Gasteiger partial charge in [0.25, 0.3) is 5.69 Å². The summed E-state index contributed by atoms with van der Waals surface area (Å²) in [6, 6.07) is 9.10. The molecule has 1 aromatic heterocycles. The van der Waals surface area contributed by atoms with Crippen LogP contribution in [0.4, 0.5) is 5.69 Å². The van der Waals surface area contributed by atoms with E-state index in [4.69, 9.17) is 0 Å². The van der Waals surface area contributed by atoms with Crippen molar-refractivity contribution in [1.82, 2.24) is 4.98 Å². The molecule has 0 bridgehead atoms. The summed E-state index contributed by atoms with van der Waals surface area (Å²) in [5.41, 5.74) is 1.19. The molecule has 5 heteroatoms. The Bertz CT molecular complexity index is 619. The second kappa shape index (κ2) is 5.68. The average molecular weight is 254 g/mol. The number of nitrogens with zero attached hydrogens (tertiary/aromatic N) is 2. The molecule has 0 saturated heterocycles. The van der Waals surface area contributed by atoms with Crippen LogP contribution in [0.1, 0.15) is 15.9 Å². The number of aromatic nitrogens is 1. The first kappa shape index (κ1) is 12.6. The predicted octanol–water partition coefficient (Wildman–Crippen LogP) is 2.89. The maximum absolute atomic E-state index is 11.8. The Morgan fingerprint density at radius 2 is 1.95 bits per heavy atom. The van der Waals surface area contributed by atoms with Gasteiger partial charge in [-0.3, -0.25) is 19.9 Å². The van der Waals surface area contributed by atoms with Crippen LogP contribution < -0.4 is 0 Å². The third-order valence-electron chi connectivity index (χ3n) is 2.47. The fourth-order valence-corrected chi connectivity index (χ4v) is 1.49. The van der Waals surface area contributed by atoms with Gasteiger partial charge in [-0.15, -0.1) is 0 Å². The molecule has 0 aliphatic carbocycles. The van der Waals surface area contributed by atoms with E-state index in [9.17, 15) is 14.9 Å². The van der Waals surface area contributed by atoms with Crippen LogP contribution in [0.2, 0.25) is 0 Å². The Kier molecular flexibility index (Phi) is 3.78. The van der Waals surface area contributed by atoms with Crippen molar-refractivity contribution in [1.29, 1.82) is 0 Å². The number of carbonyl (C=O) groups is 1. The summed E-state index contributed by atoms with van der Waals surface area (Å²) in [6.07, 6.45) is 6.35. The van der Waals surface area contributed by atoms with Gasteiger partial charge < -0.3 is 0 Å². The minimum atomic E-state index is -0.500. The molecule has 94 valence electrons. The SMILES string of the molecule is O=C(/C=C/c1cccnc1)c1ccc([N+](=O)[O-])cc1. The fraction of sp³-hybridized carbons (Fsp3) is 0. The number of nitro groups is 1. The molecule has 0 spiro atoms. The third kappa shape index (κ3) is 3.32. The van der Waals surface area contributed by atoms with E-state index in [1.54, 1.807) is 24.5 Å². The number of hydrogen-bond donors (Lipinski definition) is 0. The van der Waals surface area contributed by atoms with E-state index >= 15 is 0 Å². The molecule has 0 saturated carbocycles. The second-order valence-corrected chi connectivity index (χ2v) is 3.79. The number of allylic oxidation sites excluding steroid dienone is 1. The van der Waals surface area contributed by atoms with Crippen LogP contribution in [-0.4, -0.2) is 15.7 Å². The summed E-state index contributed by atoms with van der Waals surface area (Å²) in [7, 11) is 0. The first-order valence-electron chi connectivity index (χ1n) is 5.54. The monoisotopic (exact) mass is 254 g/mol. The molecule has 1 aromatic carbocycles. The number of pyridine rings is 1. The quantitative estimate of drug-likeness (QED) is 0.364. The summed E-state index contributed by atoms with van der Waals surface area (Å²) in [5, 5.41) is 10.5. The topological polar surface area (TPSA) is 73.1 Å². The fourth-order valence-electron chi connectivity index (χ4n) is 1.49. The smallest absolute Gasteiger partial charge is 0.269 e. The molecular weight excluding hydrogens is 244 g/mol. The number of non-ortho nitro benzene ring substituents is 1. The number of nitro benzene ring substituents is 1. The number of benzene rings is 1. The number of hydrogen-bond acceptors (Lipinski definition) is 4. The van der Waals surface area contributed by atoms with E-state index in [1.807, 2.05) is 6.07 Å². The maximum atomic E-state index is 11.8. The molecule has 1 heterocycles. The third-order valence-corrected chi connectivity index (χ3v) is 2.47. The van der Waals surface area contributed by atoms with Crippen LogP contribution in [0, 0.1) is 10.1 Å². The summed E-state index contributed by atoms with van der Waals surface area (Å²) >= 11 is 0. The zero-order valence-electron chi connectivity index (χ0n) is 9.89. The molecule has 0 aliphatic rings. The van der Waals surface area contributed by atoms with Crippen molar-refractivity contribution in [3.63, 3.8) is 0 Å². The van der Waals surface area contributed by atoms with Crippen molar-refractivity contribution < 1.29 is 9.72 Å².